The zero-order valence-corrected chi connectivity index (χ0v) is 20.3. The summed E-state index contributed by atoms with van der Waals surface area (Å²) in [6, 6.07) is 19.7. The third kappa shape index (κ3) is 6.37. The first kappa shape index (κ1) is 23.4. The van der Waals surface area contributed by atoms with Crippen molar-refractivity contribution in [2.24, 2.45) is 0 Å². The SMILES string of the molecule is N#C/C(=C\c1cc(Cl)c(OCc2ccc(I)cc2)c(Cl)c1)C(=O)Nc1ccccc1Cl. The Bertz CT molecular complexity index is 1170. The average Bonchev–Trinajstić information content (AvgIpc) is 2.74. The summed E-state index contributed by atoms with van der Waals surface area (Å²) in [5.41, 5.74) is 1.74. The smallest absolute Gasteiger partial charge is 0.266 e. The van der Waals surface area contributed by atoms with Gasteiger partial charge < -0.3 is 10.1 Å². The summed E-state index contributed by atoms with van der Waals surface area (Å²) in [5, 5.41) is 12.9. The van der Waals surface area contributed by atoms with Gasteiger partial charge in [-0.2, -0.15) is 5.26 Å². The van der Waals surface area contributed by atoms with Gasteiger partial charge in [-0.05, 0) is 76.2 Å². The van der Waals surface area contributed by atoms with Gasteiger partial charge in [-0.1, -0.05) is 59.1 Å². The van der Waals surface area contributed by atoms with Crippen LogP contribution in [0.3, 0.4) is 0 Å². The molecule has 0 aliphatic carbocycles. The van der Waals surface area contributed by atoms with Gasteiger partial charge in [0.15, 0.2) is 5.75 Å². The first-order valence-electron chi connectivity index (χ1n) is 8.91. The van der Waals surface area contributed by atoms with Gasteiger partial charge in [-0.3, -0.25) is 4.79 Å². The van der Waals surface area contributed by atoms with Crippen molar-refractivity contribution in [3.8, 4) is 11.8 Å². The molecule has 0 fully saturated rings. The molecule has 1 N–H and O–H groups in total. The minimum atomic E-state index is -0.595. The van der Waals surface area contributed by atoms with Crippen LogP contribution >= 0.6 is 57.4 Å². The molecule has 1 amide bonds. The second kappa shape index (κ2) is 10.9. The first-order chi connectivity index (χ1) is 14.9. The van der Waals surface area contributed by atoms with E-state index in [1.165, 1.54) is 6.08 Å². The summed E-state index contributed by atoms with van der Waals surface area (Å²) >= 11 is 21.0. The van der Waals surface area contributed by atoms with Gasteiger partial charge in [0.05, 0.1) is 20.8 Å². The van der Waals surface area contributed by atoms with Gasteiger partial charge in [0.2, 0.25) is 0 Å². The van der Waals surface area contributed by atoms with Gasteiger partial charge >= 0.3 is 0 Å². The molecule has 0 saturated carbocycles. The number of hydrogen-bond acceptors (Lipinski definition) is 3. The molecule has 0 radical (unpaired) electrons. The van der Waals surface area contributed by atoms with Crippen molar-refractivity contribution in [1.82, 2.24) is 0 Å². The number of benzene rings is 3. The molecule has 0 atom stereocenters. The molecule has 0 aliphatic heterocycles. The average molecular weight is 584 g/mol. The second-order valence-electron chi connectivity index (χ2n) is 6.33. The number of carbonyl (C=O) groups is 1. The van der Waals surface area contributed by atoms with Crippen molar-refractivity contribution in [2.45, 2.75) is 6.61 Å². The van der Waals surface area contributed by atoms with Crippen LogP contribution < -0.4 is 10.1 Å². The third-order valence-electron chi connectivity index (χ3n) is 4.12. The van der Waals surface area contributed by atoms with Gasteiger partial charge in [0.25, 0.3) is 5.91 Å². The van der Waals surface area contributed by atoms with Crippen LogP contribution in [0.25, 0.3) is 6.08 Å². The minimum absolute atomic E-state index is 0.125. The standard InChI is InChI=1S/C23H14Cl3IN2O2/c24-18-3-1-2-4-21(18)29-23(30)16(12-28)9-15-10-19(25)22(20(26)11-15)31-13-14-5-7-17(27)8-6-14/h1-11H,13H2,(H,29,30)/b16-9+. The highest BCUT2D eigenvalue weighted by Crippen LogP contribution is 2.35. The van der Waals surface area contributed by atoms with E-state index in [0.29, 0.717) is 28.6 Å². The Labute approximate surface area is 208 Å². The van der Waals surface area contributed by atoms with Crippen LogP contribution in [0.15, 0.2) is 66.2 Å². The van der Waals surface area contributed by atoms with Gasteiger partial charge in [0, 0.05) is 3.57 Å². The lowest BCUT2D eigenvalue weighted by Crippen LogP contribution is -2.13. The molecule has 0 aliphatic rings. The fourth-order valence-corrected chi connectivity index (χ4v) is 3.76. The molecule has 0 saturated heterocycles. The fraction of sp³-hybridized carbons (Fsp3) is 0.0435. The summed E-state index contributed by atoms with van der Waals surface area (Å²) in [7, 11) is 0. The number of para-hydroxylation sites is 1. The Morgan fingerprint density at radius 1 is 1.03 bits per heavy atom. The lowest BCUT2D eigenvalue weighted by atomic mass is 10.1. The Balaban J connectivity index is 1.78. The Morgan fingerprint density at radius 3 is 2.29 bits per heavy atom. The monoisotopic (exact) mass is 582 g/mol. The number of rotatable bonds is 6. The van der Waals surface area contributed by atoms with Crippen LogP contribution in [0, 0.1) is 14.9 Å². The van der Waals surface area contributed by atoms with Crippen LogP contribution in [0.5, 0.6) is 5.75 Å². The minimum Gasteiger partial charge on any atom is -0.486 e. The molecule has 3 aromatic rings. The number of nitriles is 1. The molecular weight excluding hydrogens is 570 g/mol. The number of carbonyl (C=O) groups excluding carboxylic acids is 1. The van der Waals surface area contributed by atoms with Gasteiger partial charge in [0.1, 0.15) is 18.2 Å². The lowest BCUT2D eigenvalue weighted by Gasteiger charge is -2.11. The van der Waals surface area contributed by atoms with E-state index in [-0.39, 0.29) is 15.6 Å². The predicted molar refractivity (Wildman–Crippen MR) is 134 cm³/mol. The number of nitrogens with one attached hydrogen (secondary N) is 1. The highest BCUT2D eigenvalue weighted by Gasteiger charge is 2.14. The maximum Gasteiger partial charge on any atom is 0.266 e. The van der Waals surface area contributed by atoms with Crippen LogP contribution in [0.4, 0.5) is 5.69 Å². The van der Waals surface area contributed by atoms with E-state index in [0.717, 1.165) is 9.13 Å². The molecule has 4 nitrogen and oxygen atoms in total. The van der Waals surface area contributed by atoms with E-state index >= 15 is 0 Å². The maximum absolute atomic E-state index is 12.5. The maximum atomic E-state index is 12.5. The van der Waals surface area contributed by atoms with E-state index in [1.54, 1.807) is 36.4 Å². The fourth-order valence-electron chi connectivity index (χ4n) is 2.60. The van der Waals surface area contributed by atoms with Crippen molar-refractivity contribution in [3.05, 3.63) is 96.0 Å². The highest BCUT2D eigenvalue weighted by molar-refractivity contribution is 14.1. The molecule has 3 aromatic carbocycles. The normalized spacial score (nSPS) is 11.0. The quantitative estimate of drug-likeness (QED) is 0.187. The zero-order chi connectivity index (χ0) is 22.4. The van der Waals surface area contributed by atoms with Crippen molar-refractivity contribution < 1.29 is 9.53 Å². The number of anilines is 1. The largest absolute Gasteiger partial charge is 0.486 e. The summed E-state index contributed by atoms with van der Waals surface area (Å²) in [5.74, 6) is -0.264. The van der Waals surface area contributed by atoms with Crippen molar-refractivity contribution >= 4 is 75.1 Å². The van der Waals surface area contributed by atoms with Crippen LogP contribution in [-0.4, -0.2) is 5.91 Å². The number of amides is 1. The molecule has 8 heteroatoms. The Morgan fingerprint density at radius 2 is 1.68 bits per heavy atom. The van der Waals surface area contributed by atoms with E-state index in [2.05, 4.69) is 27.9 Å². The van der Waals surface area contributed by atoms with Crippen LogP contribution in [-0.2, 0) is 11.4 Å². The van der Waals surface area contributed by atoms with E-state index in [9.17, 15) is 10.1 Å². The molecule has 156 valence electrons. The molecule has 0 spiro atoms. The third-order valence-corrected chi connectivity index (χ3v) is 5.73. The Hall–Kier alpha value is -2.24. The topological polar surface area (TPSA) is 62.1 Å². The zero-order valence-electron chi connectivity index (χ0n) is 15.8. The molecule has 0 aromatic heterocycles. The predicted octanol–water partition coefficient (Wildman–Crippen LogP) is 7.38. The van der Waals surface area contributed by atoms with E-state index < -0.39 is 5.91 Å². The molecule has 0 bridgehead atoms. The number of hydrogen-bond donors (Lipinski definition) is 1. The number of halogens is 4. The second-order valence-corrected chi connectivity index (χ2v) is 8.80. The molecule has 31 heavy (non-hydrogen) atoms. The number of ether oxygens (including phenoxy) is 1. The lowest BCUT2D eigenvalue weighted by molar-refractivity contribution is -0.112. The summed E-state index contributed by atoms with van der Waals surface area (Å²) in [6.07, 6.45) is 1.40. The summed E-state index contributed by atoms with van der Waals surface area (Å²) in [6.45, 7) is 0.301. The van der Waals surface area contributed by atoms with Gasteiger partial charge in [-0.25, -0.2) is 0 Å². The van der Waals surface area contributed by atoms with Gasteiger partial charge in [-0.15, -0.1) is 0 Å². The molecular formula is C23H14Cl3IN2O2. The number of nitrogens with zero attached hydrogens (tertiary/aromatic N) is 1. The van der Waals surface area contributed by atoms with E-state index in [1.807, 2.05) is 30.3 Å². The highest BCUT2D eigenvalue weighted by atomic mass is 127. The molecule has 3 rings (SSSR count). The molecule has 0 unspecified atom stereocenters. The summed E-state index contributed by atoms with van der Waals surface area (Å²) < 4.78 is 6.90. The van der Waals surface area contributed by atoms with Crippen LogP contribution in [0.1, 0.15) is 11.1 Å². The first-order valence-corrected chi connectivity index (χ1v) is 11.1. The van der Waals surface area contributed by atoms with Crippen LogP contribution in [0.2, 0.25) is 15.1 Å². The summed E-state index contributed by atoms with van der Waals surface area (Å²) in [4.78, 5) is 12.5. The van der Waals surface area contributed by atoms with E-state index in [4.69, 9.17) is 39.5 Å². The molecule has 0 heterocycles. The Kier molecular flexibility index (Phi) is 8.22. The van der Waals surface area contributed by atoms with Crippen molar-refractivity contribution in [1.29, 1.82) is 5.26 Å². The van der Waals surface area contributed by atoms with Crippen molar-refractivity contribution in [3.63, 3.8) is 0 Å². The van der Waals surface area contributed by atoms with Crippen molar-refractivity contribution in [2.75, 3.05) is 5.32 Å².